The lowest BCUT2D eigenvalue weighted by Gasteiger charge is -2.14. The Morgan fingerprint density at radius 2 is 1.79 bits per heavy atom. The monoisotopic (exact) mass is 418 g/mol. The average molecular weight is 419 g/mol. The van der Waals surface area contributed by atoms with Gasteiger partial charge in [-0.2, -0.15) is 0 Å². The molecule has 29 heavy (non-hydrogen) atoms. The van der Waals surface area contributed by atoms with E-state index >= 15 is 0 Å². The maximum absolute atomic E-state index is 12.6. The van der Waals surface area contributed by atoms with Gasteiger partial charge in [0.25, 0.3) is 11.8 Å². The summed E-state index contributed by atoms with van der Waals surface area (Å²) in [5.41, 5.74) is 3.07. The molecule has 0 aliphatic carbocycles. The van der Waals surface area contributed by atoms with Gasteiger partial charge in [-0.3, -0.25) is 9.59 Å². The molecule has 7 nitrogen and oxygen atoms in total. The van der Waals surface area contributed by atoms with E-state index in [0.717, 1.165) is 21.8 Å². The molecule has 0 aliphatic heterocycles. The van der Waals surface area contributed by atoms with E-state index in [0.29, 0.717) is 22.0 Å². The summed E-state index contributed by atoms with van der Waals surface area (Å²) in [5.74, 6) is -1.09. The Balaban J connectivity index is 2.14. The van der Waals surface area contributed by atoms with Crippen molar-refractivity contribution in [2.75, 3.05) is 32.6 Å². The zero-order chi connectivity index (χ0) is 21.6. The largest absolute Gasteiger partial charge is 0.462 e. The van der Waals surface area contributed by atoms with E-state index in [1.165, 1.54) is 12.6 Å². The Kier molecular flexibility index (Phi) is 7.92. The number of carbonyl (C=O) groups is 3. The smallest absolute Gasteiger partial charge is 0.341 e. The predicted molar refractivity (Wildman–Crippen MR) is 114 cm³/mol. The van der Waals surface area contributed by atoms with Crippen molar-refractivity contribution in [1.82, 2.24) is 5.32 Å². The van der Waals surface area contributed by atoms with Gasteiger partial charge in [0.15, 0.2) is 6.54 Å². The fraction of sp³-hybridized carbons (Fsp3) is 0.381. The van der Waals surface area contributed by atoms with E-state index in [2.05, 4.69) is 10.6 Å². The van der Waals surface area contributed by atoms with E-state index in [4.69, 9.17) is 4.74 Å². The number of ether oxygens (including phenoxy) is 1. The minimum atomic E-state index is -0.549. The van der Waals surface area contributed by atoms with E-state index < -0.39 is 5.97 Å². The number of quaternary nitrogens is 1. The third-order valence-electron chi connectivity index (χ3n) is 4.40. The lowest BCUT2D eigenvalue weighted by atomic mass is 10.1. The van der Waals surface area contributed by atoms with Crippen molar-refractivity contribution in [2.45, 2.75) is 27.3 Å². The zero-order valence-electron chi connectivity index (χ0n) is 17.5. The first kappa shape index (κ1) is 22.6. The van der Waals surface area contributed by atoms with E-state index in [1.807, 2.05) is 38.2 Å². The lowest BCUT2D eigenvalue weighted by molar-refractivity contribution is -0.885. The number of aryl methyl sites for hydroxylation is 1. The second-order valence-electron chi connectivity index (χ2n) is 6.90. The Morgan fingerprint density at radius 3 is 2.38 bits per heavy atom. The highest BCUT2D eigenvalue weighted by Crippen LogP contribution is 2.33. The van der Waals surface area contributed by atoms with Gasteiger partial charge in [-0.15, -0.1) is 11.3 Å². The molecule has 1 atom stereocenters. The van der Waals surface area contributed by atoms with Crippen molar-refractivity contribution in [3.8, 4) is 0 Å². The number of carbonyl (C=O) groups excluding carboxylic acids is 3. The molecule has 2 amide bonds. The highest BCUT2D eigenvalue weighted by molar-refractivity contribution is 7.18. The second-order valence-corrected chi connectivity index (χ2v) is 7.92. The van der Waals surface area contributed by atoms with Crippen LogP contribution >= 0.6 is 11.3 Å². The van der Waals surface area contributed by atoms with Crippen molar-refractivity contribution in [2.24, 2.45) is 0 Å². The van der Waals surface area contributed by atoms with Gasteiger partial charge in [0, 0.05) is 12.6 Å². The van der Waals surface area contributed by atoms with Crippen LogP contribution in [0.2, 0.25) is 0 Å². The lowest BCUT2D eigenvalue weighted by Crippen LogP contribution is -3.08. The Hall–Kier alpha value is -2.71. The molecule has 0 radical (unpaired) electrons. The zero-order valence-corrected chi connectivity index (χ0v) is 18.3. The Labute approximate surface area is 175 Å². The first-order valence-corrected chi connectivity index (χ1v) is 10.3. The molecule has 2 rings (SSSR count). The molecule has 1 aromatic heterocycles. The first-order valence-electron chi connectivity index (χ1n) is 9.46. The fourth-order valence-electron chi connectivity index (χ4n) is 2.94. The van der Waals surface area contributed by atoms with E-state index in [1.54, 1.807) is 13.8 Å². The van der Waals surface area contributed by atoms with E-state index in [9.17, 15) is 14.4 Å². The maximum atomic E-state index is 12.6. The standard InChI is InChI=1S/C21H27N3O4S/c1-6-28-21(27)17-14(3)18(19(26)22-4)29-20(17)23-16(25)12-24(5)11-15-9-7-13(2)8-10-15/h7-10H,6,11-12H2,1-5H3,(H,22,26)(H,23,25)/p+1. The summed E-state index contributed by atoms with van der Waals surface area (Å²) in [6.07, 6.45) is 0. The fourth-order valence-corrected chi connectivity index (χ4v) is 4.10. The van der Waals surface area contributed by atoms with Crippen LogP contribution in [-0.4, -0.2) is 45.0 Å². The third kappa shape index (κ3) is 5.88. The highest BCUT2D eigenvalue weighted by Gasteiger charge is 2.26. The topological polar surface area (TPSA) is 88.9 Å². The number of thiophene rings is 1. The minimum absolute atomic E-state index is 0.209. The van der Waals surface area contributed by atoms with Crippen molar-refractivity contribution in [3.63, 3.8) is 0 Å². The molecule has 1 aromatic carbocycles. The first-order chi connectivity index (χ1) is 13.8. The Morgan fingerprint density at radius 1 is 1.14 bits per heavy atom. The van der Waals surface area contributed by atoms with Gasteiger partial charge in [-0.05, 0) is 26.3 Å². The van der Waals surface area contributed by atoms with Crippen LogP contribution in [0.1, 0.15) is 43.6 Å². The molecule has 8 heteroatoms. The van der Waals surface area contributed by atoms with Gasteiger partial charge in [0.1, 0.15) is 11.5 Å². The van der Waals surface area contributed by atoms with Crippen LogP contribution in [0.5, 0.6) is 0 Å². The van der Waals surface area contributed by atoms with Crippen LogP contribution in [0.25, 0.3) is 0 Å². The number of anilines is 1. The predicted octanol–water partition coefficient (Wildman–Crippen LogP) is 1.55. The van der Waals surface area contributed by atoms with Crippen LogP contribution in [0.4, 0.5) is 5.00 Å². The molecule has 1 unspecified atom stereocenters. The number of benzene rings is 1. The Bertz CT molecular complexity index is 890. The number of hydrogen-bond donors (Lipinski definition) is 3. The molecule has 0 saturated heterocycles. The minimum Gasteiger partial charge on any atom is -0.462 e. The quantitative estimate of drug-likeness (QED) is 0.568. The third-order valence-corrected chi connectivity index (χ3v) is 5.61. The summed E-state index contributed by atoms with van der Waals surface area (Å²) in [5, 5.41) is 5.69. The number of rotatable bonds is 8. The summed E-state index contributed by atoms with van der Waals surface area (Å²) in [7, 11) is 3.45. The molecular weight excluding hydrogens is 390 g/mol. The molecule has 0 aliphatic rings. The van der Waals surface area contributed by atoms with Crippen molar-refractivity contribution >= 4 is 34.1 Å². The van der Waals surface area contributed by atoms with Gasteiger partial charge >= 0.3 is 5.97 Å². The molecule has 0 spiro atoms. The van der Waals surface area contributed by atoms with Gasteiger partial charge in [0.05, 0.1) is 24.1 Å². The van der Waals surface area contributed by atoms with Crippen molar-refractivity contribution < 1.29 is 24.0 Å². The van der Waals surface area contributed by atoms with Crippen LogP contribution in [0.15, 0.2) is 24.3 Å². The summed E-state index contributed by atoms with van der Waals surface area (Å²) >= 11 is 1.08. The number of nitrogens with one attached hydrogen (secondary N) is 3. The van der Waals surface area contributed by atoms with Crippen LogP contribution in [0, 0.1) is 13.8 Å². The summed E-state index contributed by atoms with van der Waals surface area (Å²) < 4.78 is 5.11. The number of esters is 1. The van der Waals surface area contributed by atoms with Crippen molar-refractivity contribution in [3.05, 3.63) is 51.4 Å². The SMILES string of the molecule is CCOC(=O)c1c(NC(=O)C[NH+](C)Cc2ccc(C)cc2)sc(C(=O)NC)c1C. The molecule has 0 saturated carbocycles. The second kappa shape index (κ2) is 10.2. The summed E-state index contributed by atoms with van der Waals surface area (Å²) in [6.45, 7) is 6.55. The highest BCUT2D eigenvalue weighted by atomic mass is 32.1. The van der Waals surface area contributed by atoms with Gasteiger partial charge in [0.2, 0.25) is 0 Å². The normalized spacial score (nSPS) is 11.6. The number of amides is 2. The molecule has 3 N–H and O–H groups in total. The molecule has 0 fully saturated rings. The molecular formula is C21H28N3O4S+. The van der Waals surface area contributed by atoms with Gasteiger partial charge < -0.3 is 20.3 Å². The van der Waals surface area contributed by atoms with Crippen LogP contribution < -0.4 is 15.5 Å². The molecule has 1 heterocycles. The van der Waals surface area contributed by atoms with Crippen molar-refractivity contribution in [1.29, 1.82) is 0 Å². The molecule has 2 aromatic rings. The summed E-state index contributed by atoms with van der Waals surface area (Å²) in [4.78, 5) is 38.4. The van der Waals surface area contributed by atoms with Gasteiger partial charge in [-0.25, -0.2) is 4.79 Å². The number of likely N-dealkylation sites (N-methyl/N-ethyl adjacent to an activating group) is 1. The number of hydrogen-bond acceptors (Lipinski definition) is 5. The van der Waals surface area contributed by atoms with Crippen LogP contribution in [0.3, 0.4) is 0 Å². The molecule has 0 bridgehead atoms. The summed E-state index contributed by atoms with van der Waals surface area (Å²) in [6, 6.07) is 8.19. The molecule has 156 valence electrons. The van der Waals surface area contributed by atoms with E-state index in [-0.39, 0.29) is 30.5 Å². The van der Waals surface area contributed by atoms with Crippen LogP contribution in [-0.2, 0) is 16.1 Å². The average Bonchev–Trinajstić information content (AvgIpc) is 2.98. The maximum Gasteiger partial charge on any atom is 0.341 e. The van der Waals surface area contributed by atoms with Gasteiger partial charge in [-0.1, -0.05) is 29.8 Å².